The normalized spacial score (nSPS) is 22.3. The highest BCUT2D eigenvalue weighted by atomic mass is 35.5. The maximum Gasteiger partial charge on any atom is 0.168 e. The number of aromatic hydroxyl groups is 1. The van der Waals surface area contributed by atoms with Crippen LogP contribution in [0.4, 0.5) is 0 Å². The number of nitrogens with one attached hydrogen (secondary N) is 1. The summed E-state index contributed by atoms with van der Waals surface area (Å²) < 4.78 is 11.2. The van der Waals surface area contributed by atoms with E-state index in [0.717, 1.165) is 24.9 Å². The van der Waals surface area contributed by atoms with Crippen LogP contribution in [-0.2, 0) is 6.42 Å². The van der Waals surface area contributed by atoms with Crippen molar-refractivity contribution >= 4 is 11.6 Å². The van der Waals surface area contributed by atoms with Gasteiger partial charge in [0.1, 0.15) is 19.0 Å². The molecule has 5 heteroatoms. The quantitative estimate of drug-likeness (QED) is 0.876. The Morgan fingerprint density at radius 3 is 2.95 bits per heavy atom. The summed E-state index contributed by atoms with van der Waals surface area (Å²) >= 11 is 6.06. The first-order chi connectivity index (χ1) is 9.25. The Bertz CT molecular complexity index is 472. The van der Waals surface area contributed by atoms with Crippen molar-refractivity contribution in [1.82, 2.24) is 5.32 Å². The Labute approximate surface area is 117 Å². The van der Waals surface area contributed by atoms with Crippen molar-refractivity contribution in [3.05, 3.63) is 16.7 Å². The zero-order valence-corrected chi connectivity index (χ0v) is 11.5. The summed E-state index contributed by atoms with van der Waals surface area (Å²) in [4.78, 5) is 0. The molecular weight excluding hydrogens is 266 g/mol. The van der Waals surface area contributed by atoms with Gasteiger partial charge in [0.2, 0.25) is 0 Å². The van der Waals surface area contributed by atoms with Gasteiger partial charge in [0.15, 0.2) is 11.5 Å². The monoisotopic (exact) mass is 283 g/mol. The number of hydrogen-bond donors (Lipinski definition) is 2. The molecular formula is C14H18ClNO3. The molecule has 104 valence electrons. The van der Waals surface area contributed by atoms with Gasteiger partial charge in [-0.25, -0.2) is 0 Å². The standard InChI is InChI=1S/C14H18ClNO3/c15-11-8-12-14(19-6-5-18-12)10(13(11)17)7-9-3-1-2-4-16-9/h8-9,16-17H,1-7H2. The van der Waals surface area contributed by atoms with E-state index < -0.39 is 0 Å². The molecule has 2 heterocycles. The largest absolute Gasteiger partial charge is 0.506 e. The van der Waals surface area contributed by atoms with E-state index in [1.807, 2.05) is 0 Å². The fraction of sp³-hybridized carbons (Fsp3) is 0.571. The molecule has 0 aliphatic carbocycles. The van der Waals surface area contributed by atoms with E-state index in [4.69, 9.17) is 21.1 Å². The summed E-state index contributed by atoms with van der Waals surface area (Å²) in [6.45, 7) is 2.07. The van der Waals surface area contributed by atoms with E-state index >= 15 is 0 Å². The van der Waals surface area contributed by atoms with Crippen LogP contribution in [0.5, 0.6) is 17.2 Å². The number of ether oxygens (including phenoxy) is 2. The first-order valence-corrected chi connectivity index (χ1v) is 7.17. The second-order valence-electron chi connectivity index (χ2n) is 5.06. The minimum atomic E-state index is 0.123. The zero-order valence-electron chi connectivity index (χ0n) is 10.7. The van der Waals surface area contributed by atoms with Crippen LogP contribution in [-0.4, -0.2) is 30.9 Å². The highest BCUT2D eigenvalue weighted by Gasteiger charge is 2.25. The van der Waals surface area contributed by atoms with Crippen molar-refractivity contribution in [3.8, 4) is 17.2 Å². The fourth-order valence-electron chi connectivity index (χ4n) is 2.74. The van der Waals surface area contributed by atoms with E-state index in [9.17, 15) is 5.11 Å². The van der Waals surface area contributed by atoms with Crippen LogP contribution in [0, 0.1) is 0 Å². The van der Waals surface area contributed by atoms with Gasteiger partial charge >= 0.3 is 0 Å². The number of benzene rings is 1. The van der Waals surface area contributed by atoms with E-state index in [0.29, 0.717) is 35.8 Å². The Kier molecular flexibility index (Phi) is 3.71. The molecule has 1 fully saturated rings. The van der Waals surface area contributed by atoms with Gasteiger partial charge in [-0.3, -0.25) is 0 Å². The van der Waals surface area contributed by atoms with Crippen molar-refractivity contribution in [2.24, 2.45) is 0 Å². The van der Waals surface area contributed by atoms with Crippen molar-refractivity contribution in [2.75, 3.05) is 19.8 Å². The summed E-state index contributed by atoms with van der Waals surface area (Å²) in [7, 11) is 0. The Morgan fingerprint density at radius 2 is 2.16 bits per heavy atom. The molecule has 2 aliphatic heterocycles. The second kappa shape index (κ2) is 5.47. The van der Waals surface area contributed by atoms with Crippen molar-refractivity contribution in [1.29, 1.82) is 0 Å². The molecule has 0 spiro atoms. The highest BCUT2D eigenvalue weighted by Crippen LogP contribution is 2.44. The van der Waals surface area contributed by atoms with E-state index in [1.54, 1.807) is 6.07 Å². The van der Waals surface area contributed by atoms with Gasteiger partial charge in [-0.1, -0.05) is 18.0 Å². The predicted molar refractivity (Wildman–Crippen MR) is 73.5 cm³/mol. The molecule has 0 amide bonds. The smallest absolute Gasteiger partial charge is 0.168 e. The third kappa shape index (κ3) is 2.60. The molecule has 1 aromatic carbocycles. The molecule has 19 heavy (non-hydrogen) atoms. The molecule has 1 saturated heterocycles. The van der Waals surface area contributed by atoms with Crippen LogP contribution in [0.2, 0.25) is 5.02 Å². The number of phenols is 1. The Morgan fingerprint density at radius 1 is 1.32 bits per heavy atom. The van der Waals surface area contributed by atoms with Gasteiger partial charge in [-0.05, 0) is 25.8 Å². The van der Waals surface area contributed by atoms with Gasteiger partial charge < -0.3 is 19.9 Å². The predicted octanol–water partition coefficient (Wildman–Crippen LogP) is 2.50. The summed E-state index contributed by atoms with van der Waals surface area (Å²) in [5.74, 6) is 1.42. The third-order valence-electron chi connectivity index (χ3n) is 3.72. The van der Waals surface area contributed by atoms with Gasteiger partial charge in [0, 0.05) is 17.7 Å². The molecule has 4 nitrogen and oxygen atoms in total. The molecule has 1 atom stereocenters. The fourth-order valence-corrected chi connectivity index (χ4v) is 2.96. The topological polar surface area (TPSA) is 50.7 Å². The lowest BCUT2D eigenvalue weighted by molar-refractivity contribution is 0.168. The molecule has 0 radical (unpaired) electrons. The first kappa shape index (κ1) is 12.9. The van der Waals surface area contributed by atoms with Crippen LogP contribution < -0.4 is 14.8 Å². The molecule has 2 aliphatic rings. The SMILES string of the molecule is Oc1c(Cl)cc2c(c1CC1CCCCN1)OCCO2. The zero-order chi connectivity index (χ0) is 13.2. The van der Waals surface area contributed by atoms with Crippen molar-refractivity contribution < 1.29 is 14.6 Å². The third-order valence-corrected chi connectivity index (χ3v) is 4.01. The molecule has 0 saturated carbocycles. The van der Waals surface area contributed by atoms with Crippen LogP contribution in [0.3, 0.4) is 0 Å². The number of rotatable bonds is 2. The lowest BCUT2D eigenvalue weighted by Crippen LogP contribution is -2.35. The average molecular weight is 284 g/mol. The molecule has 3 rings (SSSR count). The average Bonchev–Trinajstić information content (AvgIpc) is 2.45. The summed E-state index contributed by atoms with van der Waals surface area (Å²) in [5, 5.41) is 14.0. The van der Waals surface area contributed by atoms with Crippen molar-refractivity contribution in [2.45, 2.75) is 31.7 Å². The summed E-state index contributed by atoms with van der Waals surface area (Å²) in [6.07, 6.45) is 4.27. The van der Waals surface area contributed by atoms with Crippen LogP contribution >= 0.6 is 11.6 Å². The van der Waals surface area contributed by atoms with Gasteiger partial charge in [-0.15, -0.1) is 0 Å². The second-order valence-corrected chi connectivity index (χ2v) is 5.47. The van der Waals surface area contributed by atoms with Gasteiger partial charge in [0.05, 0.1) is 5.02 Å². The van der Waals surface area contributed by atoms with E-state index in [1.165, 1.54) is 12.8 Å². The van der Waals surface area contributed by atoms with Crippen LogP contribution in [0.25, 0.3) is 0 Å². The van der Waals surface area contributed by atoms with Gasteiger partial charge in [-0.2, -0.15) is 0 Å². The first-order valence-electron chi connectivity index (χ1n) is 6.79. The number of piperidine rings is 1. The lowest BCUT2D eigenvalue weighted by atomic mass is 9.96. The number of halogens is 1. The number of fused-ring (bicyclic) bond motifs is 1. The van der Waals surface area contributed by atoms with Crippen LogP contribution in [0.15, 0.2) is 6.07 Å². The molecule has 2 N–H and O–H groups in total. The maximum atomic E-state index is 10.2. The number of hydrogen-bond acceptors (Lipinski definition) is 4. The van der Waals surface area contributed by atoms with E-state index in [-0.39, 0.29) is 5.75 Å². The summed E-state index contributed by atoms with van der Waals surface area (Å²) in [6, 6.07) is 2.00. The van der Waals surface area contributed by atoms with E-state index in [2.05, 4.69) is 5.32 Å². The Balaban J connectivity index is 1.91. The van der Waals surface area contributed by atoms with Crippen LogP contribution in [0.1, 0.15) is 24.8 Å². The molecule has 0 bridgehead atoms. The lowest BCUT2D eigenvalue weighted by Gasteiger charge is -2.27. The highest BCUT2D eigenvalue weighted by molar-refractivity contribution is 6.32. The molecule has 1 unspecified atom stereocenters. The summed E-state index contributed by atoms with van der Waals surface area (Å²) in [5.41, 5.74) is 0.765. The number of phenolic OH excluding ortho intramolecular Hbond substituents is 1. The Hall–Kier alpha value is -1.13. The van der Waals surface area contributed by atoms with Gasteiger partial charge in [0.25, 0.3) is 0 Å². The minimum Gasteiger partial charge on any atom is -0.506 e. The maximum absolute atomic E-state index is 10.2. The molecule has 0 aromatic heterocycles. The van der Waals surface area contributed by atoms with Crippen molar-refractivity contribution in [3.63, 3.8) is 0 Å². The molecule has 1 aromatic rings. The minimum absolute atomic E-state index is 0.123.